The Morgan fingerprint density at radius 1 is 1.20 bits per heavy atom. The van der Waals surface area contributed by atoms with Crippen LogP contribution in [0, 0.1) is 0 Å². The number of esters is 1. The average molecular weight is 374 g/mol. The summed E-state index contributed by atoms with van der Waals surface area (Å²) in [5.74, 6) is -1.43. The first-order chi connectivity index (χ1) is 11.7. The number of sulfonamides is 1. The van der Waals surface area contributed by atoms with E-state index < -0.39 is 40.6 Å². The van der Waals surface area contributed by atoms with Crippen LogP contribution >= 0.6 is 0 Å². The summed E-state index contributed by atoms with van der Waals surface area (Å²) in [5, 5.41) is 11.4. The van der Waals surface area contributed by atoms with Gasteiger partial charge in [0.05, 0.1) is 25.2 Å². The highest BCUT2D eigenvalue weighted by atomic mass is 32.2. The van der Waals surface area contributed by atoms with Crippen LogP contribution in [0.15, 0.2) is 29.2 Å². The number of amides is 1. The first-order valence-corrected chi connectivity index (χ1v) is 8.84. The van der Waals surface area contributed by atoms with Gasteiger partial charge in [-0.1, -0.05) is 0 Å². The molecule has 0 bridgehead atoms. The minimum atomic E-state index is -3.75. The van der Waals surface area contributed by atoms with Crippen molar-refractivity contribution in [3.63, 3.8) is 0 Å². The van der Waals surface area contributed by atoms with Gasteiger partial charge in [-0.05, 0) is 31.2 Å². The molecule has 1 aromatic rings. The molecule has 0 aliphatic heterocycles. The second kappa shape index (κ2) is 9.47. The third-order valence-corrected chi connectivity index (χ3v) is 4.78. The summed E-state index contributed by atoms with van der Waals surface area (Å²) in [5.41, 5.74) is 0.131. The van der Waals surface area contributed by atoms with Gasteiger partial charge >= 0.3 is 5.97 Å². The molecule has 0 spiro atoms. The Morgan fingerprint density at radius 3 is 2.28 bits per heavy atom. The number of hydrogen-bond donors (Lipinski definition) is 3. The van der Waals surface area contributed by atoms with Crippen molar-refractivity contribution in [2.75, 3.05) is 27.4 Å². The van der Waals surface area contributed by atoms with Crippen molar-refractivity contribution >= 4 is 21.9 Å². The van der Waals surface area contributed by atoms with Crippen LogP contribution in [0.1, 0.15) is 17.3 Å². The Hall–Kier alpha value is -2.01. The van der Waals surface area contributed by atoms with E-state index in [4.69, 9.17) is 9.84 Å². The summed E-state index contributed by atoms with van der Waals surface area (Å²) >= 11 is 0. The van der Waals surface area contributed by atoms with Gasteiger partial charge in [-0.2, -0.15) is 0 Å². The number of nitrogens with one attached hydrogen (secondary N) is 2. The maximum atomic E-state index is 12.2. The van der Waals surface area contributed by atoms with E-state index in [1.807, 2.05) is 0 Å². The summed E-state index contributed by atoms with van der Waals surface area (Å²) < 4.78 is 36.1. The zero-order chi connectivity index (χ0) is 19.0. The van der Waals surface area contributed by atoms with E-state index in [1.165, 1.54) is 31.4 Å². The zero-order valence-electron chi connectivity index (χ0n) is 14.2. The number of benzene rings is 1. The molecule has 9 nitrogen and oxygen atoms in total. The topological polar surface area (TPSA) is 131 Å². The lowest BCUT2D eigenvalue weighted by Gasteiger charge is -2.15. The van der Waals surface area contributed by atoms with Crippen molar-refractivity contribution in [3.05, 3.63) is 29.8 Å². The van der Waals surface area contributed by atoms with Crippen molar-refractivity contribution in [3.8, 4) is 0 Å². The Morgan fingerprint density at radius 2 is 1.80 bits per heavy atom. The second-order valence-corrected chi connectivity index (χ2v) is 6.95. The molecule has 1 amide bonds. The molecule has 0 aliphatic carbocycles. The number of carbonyl (C=O) groups excluding carboxylic acids is 2. The quantitative estimate of drug-likeness (QED) is 0.485. The smallest absolute Gasteiger partial charge is 0.330 e. The zero-order valence-corrected chi connectivity index (χ0v) is 15.0. The molecule has 0 heterocycles. The number of ether oxygens (including phenoxy) is 2. The van der Waals surface area contributed by atoms with Gasteiger partial charge in [0.25, 0.3) is 5.91 Å². The highest BCUT2D eigenvalue weighted by Gasteiger charge is 2.22. The Balaban J connectivity index is 2.84. The predicted octanol–water partition coefficient (Wildman–Crippen LogP) is -0.736. The first-order valence-electron chi connectivity index (χ1n) is 7.36. The van der Waals surface area contributed by atoms with Crippen LogP contribution in [0.5, 0.6) is 0 Å². The molecule has 0 aromatic heterocycles. The van der Waals surface area contributed by atoms with Crippen LogP contribution < -0.4 is 10.0 Å². The summed E-state index contributed by atoms with van der Waals surface area (Å²) in [6, 6.07) is 3.53. The van der Waals surface area contributed by atoms with Crippen molar-refractivity contribution in [1.29, 1.82) is 0 Å². The standard InChI is InChI=1S/C15H22N2O7S/c1-10(9-23-2)17-25(21,22)12-6-4-11(5-7-12)14(19)16-13(8-18)15(20)24-3/h4-7,10,13,17-18H,8-9H2,1-3H3,(H,16,19)/t10-,13+/m1/s1. The number of aliphatic hydroxyl groups is 1. The molecule has 0 fully saturated rings. The molecule has 140 valence electrons. The number of hydrogen-bond acceptors (Lipinski definition) is 7. The third-order valence-electron chi connectivity index (χ3n) is 3.17. The fourth-order valence-corrected chi connectivity index (χ4v) is 3.19. The molecule has 0 radical (unpaired) electrons. The predicted molar refractivity (Wildman–Crippen MR) is 88.5 cm³/mol. The lowest BCUT2D eigenvalue weighted by Crippen LogP contribution is -2.44. The highest BCUT2D eigenvalue weighted by Crippen LogP contribution is 2.11. The first kappa shape index (κ1) is 21.0. The minimum absolute atomic E-state index is 0.0151. The maximum absolute atomic E-state index is 12.2. The van der Waals surface area contributed by atoms with E-state index in [1.54, 1.807) is 6.92 Å². The molecule has 10 heteroatoms. The molecule has 0 saturated heterocycles. The van der Waals surface area contributed by atoms with Gasteiger partial charge in [-0.3, -0.25) is 4.79 Å². The van der Waals surface area contributed by atoms with Crippen molar-refractivity contribution < 1.29 is 32.6 Å². The summed E-state index contributed by atoms with van der Waals surface area (Å²) in [6.45, 7) is 1.26. The molecule has 2 atom stereocenters. The number of carbonyl (C=O) groups is 2. The van der Waals surface area contributed by atoms with Crippen molar-refractivity contribution in [2.45, 2.75) is 23.9 Å². The maximum Gasteiger partial charge on any atom is 0.330 e. The van der Waals surface area contributed by atoms with Crippen LogP contribution in [-0.4, -0.2) is 64.9 Å². The van der Waals surface area contributed by atoms with Gasteiger partial charge in [0.15, 0.2) is 6.04 Å². The largest absolute Gasteiger partial charge is 0.467 e. The number of aliphatic hydroxyl groups excluding tert-OH is 1. The third kappa shape index (κ3) is 6.09. The molecule has 1 rings (SSSR count). The molecule has 0 saturated carbocycles. The average Bonchev–Trinajstić information content (AvgIpc) is 2.58. The van der Waals surface area contributed by atoms with Crippen LogP contribution in [0.2, 0.25) is 0 Å². The van der Waals surface area contributed by atoms with Crippen molar-refractivity contribution in [1.82, 2.24) is 10.0 Å². The van der Waals surface area contributed by atoms with Gasteiger partial charge in [-0.15, -0.1) is 0 Å². The van der Waals surface area contributed by atoms with Crippen molar-refractivity contribution in [2.24, 2.45) is 0 Å². The summed E-state index contributed by atoms with van der Waals surface area (Å²) in [7, 11) is -1.15. The van der Waals surface area contributed by atoms with Gasteiger partial charge in [0.1, 0.15) is 0 Å². The molecule has 3 N–H and O–H groups in total. The number of rotatable bonds is 9. The van der Waals surface area contributed by atoms with E-state index in [9.17, 15) is 18.0 Å². The summed E-state index contributed by atoms with van der Waals surface area (Å²) in [4.78, 5) is 23.4. The highest BCUT2D eigenvalue weighted by molar-refractivity contribution is 7.89. The molecule has 0 aliphatic rings. The molecule has 1 aromatic carbocycles. The molecule has 0 unspecified atom stereocenters. The van der Waals surface area contributed by atoms with E-state index in [2.05, 4.69) is 14.8 Å². The summed E-state index contributed by atoms with van der Waals surface area (Å²) in [6.07, 6.45) is 0. The van der Waals surface area contributed by atoms with Gasteiger partial charge < -0.3 is 19.9 Å². The van der Waals surface area contributed by atoms with E-state index in [0.717, 1.165) is 7.11 Å². The van der Waals surface area contributed by atoms with Crippen LogP contribution in [0.4, 0.5) is 0 Å². The lowest BCUT2D eigenvalue weighted by atomic mass is 10.2. The van der Waals surface area contributed by atoms with Gasteiger partial charge in [-0.25, -0.2) is 17.9 Å². The van der Waals surface area contributed by atoms with Gasteiger partial charge in [0, 0.05) is 18.7 Å². The van der Waals surface area contributed by atoms with Gasteiger partial charge in [0.2, 0.25) is 10.0 Å². The lowest BCUT2D eigenvalue weighted by molar-refractivity contribution is -0.143. The Kier molecular flexibility index (Phi) is 7.97. The fourth-order valence-electron chi connectivity index (χ4n) is 1.97. The molecule has 25 heavy (non-hydrogen) atoms. The van der Waals surface area contributed by atoms with E-state index in [0.29, 0.717) is 0 Å². The fraction of sp³-hybridized carbons (Fsp3) is 0.467. The normalized spacial score (nSPS) is 13.8. The van der Waals surface area contributed by atoms with E-state index in [-0.39, 0.29) is 17.1 Å². The van der Waals surface area contributed by atoms with Crippen LogP contribution in [0.3, 0.4) is 0 Å². The molecular formula is C15H22N2O7S. The Labute approximate surface area is 146 Å². The number of methoxy groups -OCH3 is 2. The monoisotopic (exact) mass is 374 g/mol. The second-order valence-electron chi connectivity index (χ2n) is 5.23. The SMILES string of the molecule is COC[C@@H](C)NS(=O)(=O)c1ccc(C(=O)N[C@@H](CO)C(=O)OC)cc1. The Bertz CT molecular complexity index is 688. The molecular weight excluding hydrogens is 352 g/mol. The minimum Gasteiger partial charge on any atom is -0.467 e. The van der Waals surface area contributed by atoms with Crippen LogP contribution in [0.25, 0.3) is 0 Å². The van der Waals surface area contributed by atoms with Crippen LogP contribution in [-0.2, 0) is 24.3 Å². The van der Waals surface area contributed by atoms with E-state index >= 15 is 0 Å².